The molecule has 0 bridgehead atoms. The average molecular weight is 368 g/mol. The van der Waals surface area contributed by atoms with E-state index in [0.717, 1.165) is 18.8 Å². The smallest absolute Gasteiger partial charge is 0.287 e. The molecule has 1 N–H and O–H groups in total. The molecule has 1 atom stereocenters. The Balaban J connectivity index is 1.52. The van der Waals surface area contributed by atoms with Gasteiger partial charge in [0.25, 0.3) is 5.91 Å². The summed E-state index contributed by atoms with van der Waals surface area (Å²) in [5.41, 5.74) is 0.156. The number of amides is 1. The Morgan fingerprint density at radius 2 is 1.96 bits per heavy atom. The maximum Gasteiger partial charge on any atom is 0.287 e. The van der Waals surface area contributed by atoms with E-state index in [1.165, 1.54) is 6.07 Å². The van der Waals surface area contributed by atoms with E-state index >= 15 is 0 Å². The highest BCUT2D eigenvalue weighted by Gasteiger charge is 2.25. The number of nitrogens with one attached hydrogen (secondary N) is 1. The van der Waals surface area contributed by atoms with Crippen molar-refractivity contribution in [2.24, 2.45) is 0 Å². The molecule has 0 aliphatic carbocycles. The third kappa shape index (κ3) is 3.79. The predicted octanol–water partition coefficient (Wildman–Crippen LogP) is 2.19. The second kappa shape index (κ2) is 7.77. The lowest BCUT2D eigenvalue weighted by Crippen LogP contribution is -2.43. The zero-order valence-corrected chi connectivity index (χ0v) is 14.7. The maximum absolute atomic E-state index is 12.6. The number of morpholine rings is 1. The molecule has 1 fully saturated rings. The van der Waals surface area contributed by atoms with Crippen LogP contribution in [0.3, 0.4) is 0 Å². The normalized spacial score (nSPS) is 16.3. The van der Waals surface area contributed by atoms with Gasteiger partial charge in [0.1, 0.15) is 11.3 Å². The van der Waals surface area contributed by atoms with Crippen LogP contribution in [0.15, 0.2) is 62.4 Å². The minimum Gasteiger partial charge on any atom is -0.468 e. The lowest BCUT2D eigenvalue weighted by atomic mass is 10.1. The van der Waals surface area contributed by atoms with E-state index in [2.05, 4.69) is 10.2 Å². The van der Waals surface area contributed by atoms with Crippen LogP contribution in [0.5, 0.6) is 0 Å². The lowest BCUT2D eigenvalue weighted by Gasteiger charge is -2.33. The van der Waals surface area contributed by atoms with E-state index in [4.69, 9.17) is 13.6 Å². The number of hydrogen-bond donors (Lipinski definition) is 1. The fourth-order valence-electron chi connectivity index (χ4n) is 3.27. The Labute approximate surface area is 155 Å². The Morgan fingerprint density at radius 1 is 1.15 bits per heavy atom. The van der Waals surface area contributed by atoms with E-state index in [1.807, 2.05) is 12.1 Å². The second-order valence-electron chi connectivity index (χ2n) is 6.36. The van der Waals surface area contributed by atoms with Crippen LogP contribution in [0.1, 0.15) is 22.4 Å². The molecule has 140 valence electrons. The topological polar surface area (TPSA) is 84.9 Å². The first-order valence-corrected chi connectivity index (χ1v) is 8.88. The molecule has 1 aliphatic rings. The van der Waals surface area contributed by atoms with Crippen molar-refractivity contribution in [3.8, 4) is 0 Å². The number of rotatable bonds is 5. The molecule has 1 aliphatic heterocycles. The molecule has 7 heteroatoms. The van der Waals surface area contributed by atoms with Crippen LogP contribution in [-0.4, -0.2) is 43.7 Å². The molecule has 27 heavy (non-hydrogen) atoms. The van der Waals surface area contributed by atoms with Crippen molar-refractivity contribution < 1.29 is 18.4 Å². The monoisotopic (exact) mass is 368 g/mol. The summed E-state index contributed by atoms with van der Waals surface area (Å²) in [6.07, 6.45) is 1.62. The lowest BCUT2D eigenvalue weighted by molar-refractivity contribution is 0.0117. The predicted molar refractivity (Wildman–Crippen MR) is 98.7 cm³/mol. The molecule has 7 nitrogen and oxygen atoms in total. The van der Waals surface area contributed by atoms with E-state index < -0.39 is 5.91 Å². The van der Waals surface area contributed by atoms with Gasteiger partial charge in [-0.1, -0.05) is 12.1 Å². The third-order valence-corrected chi connectivity index (χ3v) is 4.67. The number of carbonyl (C=O) groups is 1. The zero-order chi connectivity index (χ0) is 18.6. The van der Waals surface area contributed by atoms with Crippen molar-refractivity contribution in [2.45, 2.75) is 6.04 Å². The average Bonchev–Trinajstić information content (AvgIpc) is 3.23. The Kier molecular flexibility index (Phi) is 5.04. The zero-order valence-electron chi connectivity index (χ0n) is 14.7. The van der Waals surface area contributed by atoms with Gasteiger partial charge < -0.3 is 18.9 Å². The molecule has 0 radical (unpaired) electrons. The van der Waals surface area contributed by atoms with Gasteiger partial charge in [0.15, 0.2) is 11.2 Å². The summed E-state index contributed by atoms with van der Waals surface area (Å²) in [6.45, 7) is 3.14. The van der Waals surface area contributed by atoms with Gasteiger partial charge >= 0.3 is 0 Å². The number of carbonyl (C=O) groups excluding carboxylic acids is 1. The van der Waals surface area contributed by atoms with Crippen LogP contribution in [-0.2, 0) is 4.74 Å². The van der Waals surface area contributed by atoms with Gasteiger partial charge in [-0.05, 0) is 24.3 Å². The number of ether oxygens (including phenoxy) is 1. The van der Waals surface area contributed by atoms with Crippen molar-refractivity contribution in [3.63, 3.8) is 0 Å². The highest BCUT2D eigenvalue weighted by atomic mass is 16.5. The molecular formula is C20H20N2O5. The van der Waals surface area contributed by atoms with E-state index in [9.17, 15) is 9.59 Å². The third-order valence-electron chi connectivity index (χ3n) is 4.67. The van der Waals surface area contributed by atoms with Crippen molar-refractivity contribution >= 4 is 16.9 Å². The highest BCUT2D eigenvalue weighted by molar-refractivity contribution is 5.93. The minimum absolute atomic E-state index is 0.00104. The molecule has 3 aromatic rings. The van der Waals surface area contributed by atoms with E-state index in [-0.39, 0.29) is 17.2 Å². The SMILES string of the molecule is O=C(NC[C@@H](c1ccco1)N1CCOCC1)c1cc(=O)c2ccccc2o1. The minimum atomic E-state index is -0.428. The Morgan fingerprint density at radius 3 is 2.74 bits per heavy atom. The molecule has 0 saturated carbocycles. The number of benzene rings is 1. The summed E-state index contributed by atoms with van der Waals surface area (Å²) in [6, 6.07) is 11.7. The molecule has 0 spiro atoms. The first kappa shape index (κ1) is 17.5. The molecule has 3 heterocycles. The summed E-state index contributed by atoms with van der Waals surface area (Å²) >= 11 is 0. The number of furan rings is 1. The van der Waals surface area contributed by atoms with E-state index in [1.54, 1.807) is 30.5 Å². The molecule has 4 rings (SSSR count). The van der Waals surface area contributed by atoms with Gasteiger partial charge in [-0.15, -0.1) is 0 Å². The summed E-state index contributed by atoms with van der Waals surface area (Å²) in [5.74, 6) is 0.346. The number of fused-ring (bicyclic) bond motifs is 1. The van der Waals surface area contributed by atoms with Crippen molar-refractivity contribution in [1.82, 2.24) is 10.2 Å². The fraction of sp³-hybridized carbons (Fsp3) is 0.300. The molecule has 0 unspecified atom stereocenters. The number of hydrogen-bond acceptors (Lipinski definition) is 6. The van der Waals surface area contributed by atoms with Crippen LogP contribution >= 0.6 is 0 Å². The Hall–Kier alpha value is -2.90. The van der Waals surface area contributed by atoms with Crippen molar-refractivity contribution in [1.29, 1.82) is 0 Å². The van der Waals surface area contributed by atoms with Crippen LogP contribution in [0.25, 0.3) is 11.0 Å². The van der Waals surface area contributed by atoms with Gasteiger partial charge in [-0.2, -0.15) is 0 Å². The summed E-state index contributed by atoms with van der Waals surface area (Å²) in [4.78, 5) is 27.0. The van der Waals surface area contributed by atoms with Gasteiger partial charge in [0, 0.05) is 25.7 Å². The highest BCUT2D eigenvalue weighted by Crippen LogP contribution is 2.22. The molecule has 1 aromatic carbocycles. The standard InChI is InChI=1S/C20H20N2O5/c23-16-12-19(27-17-5-2-1-4-14(16)17)20(24)21-13-15(18-6-3-9-26-18)22-7-10-25-11-8-22/h1-6,9,12,15H,7-8,10-11,13H2,(H,21,24)/t15-/m0/s1. The van der Waals surface area contributed by atoms with Crippen LogP contribution < -0.4 is 10.7 Å². The quantitative estimate of drug-likeness (QED) is 0.743. The van der Waals surface area contributed by atoms with E-state index in [0.29, 0.717) is 30.7 Å². The second-order valence-corrected chi connectivity index (χ2v) is 6.36. The van der Waals surface area contributed by atoms with Crippen LogP contribution in [0.4, 0.5) is 0 Å². The van der Waals surface area contributed by atoms with Gasteiger partial charge in [-0.25, -0.2) is 0 Å². The molecule has 1 saturated heterocycles. The number of nitrogens with zero attached hydrogens (tertiary/aromatic N) is 1. The van der Waals surface area contributed by atoms with Crippen LogP contribution in [0, 0.1) is 0 Å². The molecule has 1 amide bonds. The van der Waals surface area contributed by atoms with Gasteiger partial charge in [0.05, 0.1) is 30.9 Å². The van der Waals surface area contributed by atoms with Gasteiger partial charge in [-0.3, -0.25) is 14.5 Å². The summed E-state index contributed by atoms with van der Waals surface area (Å²) < 4.78 is 16.6. The first-order valence-electron chi connectivity index (χ1n) is 8.88. The largest absolute Gasteiger partial charge is 0.468 e. The molecular weight excluding hydrogens is 348 g/mol. The number of para-hydroxylation sites is 1. The maximum atomic E-state index is 12.6. The van der Waals surface area contributed by atoms with Crippen molar-refractivity contribution in [2.75, 3.05) is 32.8 Å². The summed E-state index contributed by atoms with van der Waals surface area (Å²) in [5, 5.41) is 3.32. The molecule has 2 aromatic heterocycles. The van der Waals surface area contributed by atoms with Crippen LogP contribution in [0.2, 0.25) is 0 Å². The van der Waals surface area contributed by atoms with Crippen molar-refractivity contribution in [3.05, 3.63) is 70.5 Å². The first-order chi connectivity index (χ1) is 13.2. The Bertz CT molecular complexity index is 973. The fourth-order valence-corrected chi connectivity index (χ4v) is 3.27. The summed E-state index contributed by atoms with van der Waals surface area (Å²) in [7, 11) is 0. The van der Waals surface area contributed by atoms with Gasteiger partial charge in [0.2, 0.25) is 0 Å².